The third kappa shape index (κ3) is 2.16. The third-order valence-corrected chi connectivity index (χ3v) is 4.89. The SMILES string of the molecule is C[N+]1=C(/C=C/c2cccc3nccnc23)C(C)(C)c2ccccc21. The van der Waals surface area contributed by atoms with Gasteiger partial charge in [-0.25, -0.2) is 0 Å². The van der Waals surface area contributed by atoms with Gasteiger partial charge in [-0.3, -0.25) is 9.97 Å². The van der Waals surface area contributed by atoms with Gasteiger partial charge in [0.05, 0.1) is 16.4 Å². The minimum absolute atomic E-state index is 0.0158. The maximum Gasteiger partial charge on any atom is 0.209 e. The Morgan fingerprint density at radius 1 is 0.917 bits per heavy atom. The van der Waals surface area contributed by atoms with Crippen molar-refractivity contribution in [3.63, 3.8) is 0 Å². The molecule has 0 unspecified atom stereocenters. The summed E-state index contributed by atoms with van der Waals surface area (Å²) in [6.45, 7) is 4.55. The van der Waals surface area contributed by atoms with Crippen molar-refractivity contribution >= 4 is 28.5 Å². The lowest BCUT2D eigenvalue weighted by Gasteiger charge is -2.15. The molecule has 118 valence electrons. The van der Waals surface area contributed by atoms with E-state index >= 15 is 0 Å². The molecular weight excluding hydrogens is 294 g/mol. The molecular formula is C21H20N3+. The molecule has 3 heteroatoms. The minimum atomic E-state index is -0.0158. The molecule has 0 saturated heterocycles. The van der Waals surface area contributed by atoms with Crippen molar-refractivity contribution in [3.8, 4) is 0 Å². The van der Waals surface area contributed by atoms with Crippen molar-refractivity contribution in [3.05, 3.63) is 72.1 Å². The molecule has 2 aromatic carbocycles. The number of aromatic nitrogens is 2. The quantitative estimate of drug-likeness (QED) is 0.658. The number of hydrogen-bond donors (Lipinski definition) is 0. The van der Waals surface area contributed by atoms with Crippen LogP contribution in [0.4, 0.5) is 5.69 Å². The molecule has 0 amide bonds. The third-order valence-electron chi connectivity index (χ3n) is 4.89. The van der Waals surface area contributed by atoms with Crippen LogP contribution in [-0.4, -0.2) is 27.3 Å². The molecule has 2 heterocycles. The van der Waals surface area contributed by atoms with Crippen molar-refractivity contribution in [2.45, 2.75) is 19.3 Å². The van der Waals surface area contributed by atoms with E-state index in [2.05, 4.69) is 77.9 Å². The highest BCUT2D eigenvalue weighted by atomic mass is 15.0. The van der Waals surface area contributed by atoms with E-state index in [4.69, 9.17) is 0 Å². The van der Waals surface area contributed by atoms with E-state index in [0.717, 1.165) is 16.6 Å². The number of fused-ring (bicyclic) bond motifs is 2. The largest absolute Gasteiger partial charge is 0.253 e. The molecule has 1 aliphatic heterocycles. The van der Waals surface area contributed by atoms with Gasteiger partial charge in [-0.1, -0.05) is 30.3 Å². The molecule has 3 aromatic rings. The van der Waals surface area contributed by atoms with Crippen LogP contribution in [0.1, 0.15) is 25.0 Å². The summed E-state index contributed by atoms with van der Waals surface area (Å²) in [4.78, 5) is 8.87. The second-order valence-electron chi connectivity index (χ2n) is 6.69. The first kappa shape index (κ1) is 14.8. The van der Waals surface area contributed by atoms with Gasteiger partial charge in [-0.15, -0.1) is 0 Å². The van der Waals surface area contributed by atoms with Crippen LogP contribution in [0, 0.1) is 0 Å². The Morgan fingerprint density at radius 2 is 1.71 bits per heavy atom. The molecule has 0 fully saturated rings. The van der Waals surface area contributed by atoms with Crippen molar-refractivity contribution in [2.75, 3.05) is 7.05 Å². The summed E-state index contributed by atoms with van der Waals surface area (Å²) in [5.41, 5.74) is 6.86. The Hall–Kier alpha value is -2.81. The summed E-state index contributed by atoms with van der Waals surface area (Å²) in [5.74, 6) is 0. The Kier molecular flexibility index (Phi) is 3.31. The van der Waals surface area contributed by atoms with Crippen LogP contribution in [0.5, 0.6) is 0 Å². The average Bonchev–Trinajstić information content (AvgIpc) is 2.80. The van der Waals surface area contributed by atoms with Crippen LogP contribution in [0.2, 0.25) is 0 Å². The average molecular weight is 314 g/mol. The zero-order valence-electron chi connectivity index (χ0n) is 14.2. The highest BCUT2D eigenvalue weighted by molar-refractivity contribution is 6.06. The Morgan fingerprint density at radius 3 is 2.54 bits per heavy atom. The fourth-order valence-electron chi connectivity index (χ4n) is 3.62. The van der Waals surface area contributed by atoms with Crippen molar-refractivity contribution < 1.29 is 4.58 Å². The predicted molar refractivity (Wildman–Crippen MR) is 98.9 cm³/mol. The van der Waals surface area contributed by atoms with Crippen molar-refractivity contribution in [1.82, 2.24) is 9.97 Å². The minimum Gasteiger partial charge on any atom is -0.253 e. The summed E-state index contributed by atoms with van der Waals surface area (Å²) in [6, 6.07) is 14.7. The van der Waals surface area contributed by atoms with Crippen LogP contribution in [0.3, 0.4) is 0 Å². The van der Waals surface area contributed by atoms with Crippen molar-refractivity contribution in [1.29, 1.82) is 0 Å². The lowest BCUT2D eigenvalue weighted by molar-refractivity contribution is -0.401. The van der Waals surface area contributed by atoms with Crippen LogP contribution in [-0.2, 0) is 5.41 Å². The highest BCUT2D eigenvalue weighted by Crippen LogP contribution is 2.39. The fraction of sp³-hybridized carbons (Fsp3) is 0.190. The van der Waals surface area contributed by atoms with Crippen molar-refractivity contribution in [2.24, 2.45) is 0 Å². The van der Waals surface area contributed by atoms with Gasteiger partial charge < -0.3 is 0 Å². The van der Waals surface area contributed by atoms with E-state index in [-0.39, 0.29) is 5.41 Å². The number of nitrogens with zero attached hydrogens (tertiary/aromatic N) is 3. The maximum atomic E-state index is 4.48. The van der Waals surface area contributed by atoms with Gasteiger partial charge in [0.1, 0.15) is 7.05 Å². The molecule has 0 saturated carbocycles. The molecule has 0 radical (unpaired) electrons. The summed E-state index contributed by atoms with van der Waals surface area (Å²) >= 11 is 0. The van der Waals surface area contributed by atoms with Gasteiger partial charge in [0.2, 0.25) is 5.69 Å². The number of benzene rings is 2. The predicted octanol–water partition coefficient (Wildman–Crippen LogP) is 4.35. The molecule has 1 aliphatic rings. The van der Waals surface area contributed by atoms with Gasteiger partial charge in [0.15, 0.2) is 5.71 Å². The zero-order valence-corrected chi connectivity index (χ0v) is 14.2. The van der Waals surface area contributed by atoms with Crippen LogP contribution < -0.4 is 0 Å². The second-order valence-corrected chi connectivity index (χ2v) is 6.69. The van der Waals surface area contributed by atoms with Gasteiger partial charge in [-0.2, -0.15) is 4.58 Å². The first-order valence-electron chi connectivity index (χ1n) is 8.17. The molecule has 0 aliphatic carbocycles. The molecule has 3 nitrogen and oxygen atoms in total. The van der Waals surface area contributed by atoms with Crippen LogP contribution >= 0.6 is 0 Å². The van der Waals surface area contributed by atoms with Gasteiger partial charge in [-0.05, 0) is 26.0 Å². The zero-order chi connectivity index (χ0) is 16.7. The summed E-state index contributed by atoms with van der Waals surface area (Å²) < 4.78 is 2.28. The molecule has 1 aromatic heterocycles. The normalized spacial score (nSPS) is 16.1. The molecule has 0 bridgehead atoms. The number of hydrogen-bond acceptors (Lipinski definition) is 2. The van der Waals surface area contributed by atoms with E-state index < -0.39 is 0 Å². The van der Waals surface area contributed by atoms with E-state index in [1.54, 1.807) is 12.4 Å². The molecule has 0 spiro atoms. The van der Waals surface area contributed by atoms with Crippen LogP contribution in [0.25, 0.3) is 17.1 Å². The summed E-state index contributed by atoms with van der Waals surface area (Å²) in [6.07, 6.45) is 7.84. The van der Waals surface area contributed by atoms with Gasteiger partial charge in [0, 0.05) is 35.7 Å². The lowest BCUT2D eigenvalue weighted by Crippen LogP contribution is -2.26. The summed E-state index contributed by atoms with van der Waals surface area (Å²) in [7, 11) is 2.14. The summed E-state index contributed by atoms with van der Waals surface area (Å²) in [5, 5.41) is 0. The molecule has 4 rings (SSSR count). The van der Waals surface area contributed by atoms with E-state index in [1.807, 2.05) is 12.1 Å². The standard InChI is InChI=1S/C21H20N3/c1-21(2)16-8-4-5-10-18(16)24(3)19(21)12-11-15-7-6-9-17-20(15)23-14-13-22-17/h4-14H,1-3H3/q+1. The van der Waals surface area contributed by atoms with E-state index in [1.165, 1.54) is 17.0 Å². The molecule has 24 heavy (non-hydrogen) atoms. The molecule has 0 N–H and O–H groups in total. The van der Waals surface area contributed by atoms with Crippen LogP contribution in [0.15, 0.2) is 60.9 Å². The Balaban J connectivity index is 1.81. The molecule has 0 atom stereocenters. The number of rotatable bonds is 2. The highest BCUT2D eigenvalue weighted by Gasteiger charge is 2.42. The lowest BCUT2D eigenvalue weighted by atomic mass is 9.81. The van der Waals surface area contributed by atoms with E-state index in [9.17, 15) is 0 Å². The maximum absolute atomic E-state index is 4.48. The Labute approximate surface area is 142 Å². The number of allylic oxidation sites excluding steroid dienone is 1. The van der Waals surface area contributed by atoms with Gasteiger partial charge in [0.25, 0.3) is 0 Å². The Bertz CT molecular complexity index is 991. The van der Waals surface area contributed by atoms with Gasteiger partial charge >= 0.3 is 0 Å². The smallest absolute Gasteiger partial charge is 0.209 e. The van der Waals surface area contributed by atoms with E-state index in [0.29, 0.717) is 0 Å². The first-order chi connectivity index (χ1) is 11.6. The second kappa shape index (κ2) is 5.38. The fourth-order valence-corrected chi connectivity index (χ4v) is 3.62. The topological polar surface area (TPSA) is 28.8 Å². The number of para-hydroxylation sites is 2. The monoisotopic (exact) mass is 314 g/mol. The first-order valence-corrected chi connectivity index (χ1v) is 8.17.